The van der Waals surface area contributed by atoms with Gasteiger partial charge in [0.15, 0.2) is 22.7 Å². The Morgan fingerprint density at radius 2 is 2.03 bits per heavy atom. The van der Waals surface area contributed by atoms with Crippen LogP contribution in [0.5, 0.6) is 0 Å². The number of amides is 1. The predicted octanol–water partition coefficient (Wildman–Crippen LogP) is -0.932. The largest absolute Gasteiger partial charge is 0.387 e. The Morgan fingerprint density at radius 1 is 1.18 bits per heavy atom. The van der Waals surface area contributed by atoms with Crippen molar-refractivity contribution >= 4 is 22.9 Å². The topological polar surface area (TPSA) is 182 Å². The first kappa shape index (κ1) is 20.6. The smallest absolute Gasteiger partial charge is 0.256 e. The molecule has 0 aliphatic heterocycles. The van der Waals surface area contributed by atoms with E-state index < -0.39 is 17.2 Å². The fourth-order valence-electron chi connectivity index (χ4n) is 5.05. The highest BCUT2D eigenvalue weighted by atomic mass is 16.4. The molecule has 14 heteroatoms. The van der Waals surface area contributed by atoms with Crippen molar-refractivity contribution in [2.24, 2.45) is 11.3 Å². The fourth-order valence-corrected chi connectivity index (χ4v) is 5.05. The molecule has 174 valence electrons. The summed E-state index contributed by atoms with van der Waals surface area (Å²) in [6.07, 6.45) is 7.09. The third-order valence-corrected chi connectivity index (χ3v) is 6.84. The maximum absolute atomic E-state index is 12.5. The molecule has 2 aliphatic carbocycles. The molecule has 1 amide bonds. The molecule has 4 aromatic rings. The maximum Gasteiger partial charge on any atom is 0.256 e. The maximum atomic E-state index is 12.5. The number of carbonyl (C=O) groups excluding carboxylic acids is 1. The van der Waals surface area contributed by atoms with Crippen molar-refractivity contribution in [3.63, 3.8) is 0 Å². The van der Waals surface area contributed by atoms with E-state index in [2.05, 4.69) is 45.9 Å². The second-order valence-electron chi connectivity index (χ2n) is 8.55. The van der Waals surface area contributed by atoms with Crippen LogP contribution in [0.3, 0.4) is 0 Å². The van der Waals surface area contributed by atoms with Crippen molar-refractivity contribution in [3.8, 4) is 17.3 Å². The van der Waals surface area contributed by atoms with Gasteiger partial charge in [0, 0.05) is 32.9 Å². The lowest BCUT2D eigenvalue weighted by Gasteiger charge is -2.33. The molecule has 4 heterocycles. The standard InChI is InChI=1S/C20H21N11O3/c1-21-14-13-15(27-18(26-14)31-8-12(28-29-31)11-7-23-3-4-24-11)30(9-25-13)20(34)6-10-5-19(10,16(20)32)17(33)22-2/h3-4,7-10,16,32,34H,5-6H2,1-2H3,(H,22,33)(H,21,26,27)/t10?,16-,19?,20-/m1/s1. The SMILES string of the molecule is CNC(=O)C12CC1C[C@](O)(n1cnc3c(NC)nc(-n4cc(-c5cnccn5)nn4)nc31)[C@@H]2O. The van der Waals surface area contributed by atoms with Gasteiger partial charge < -0.3 is 20.8 Å². The first-order chi connectivity index (χ1) is 16.4. The Hall–Kier alpha value is -4.04. The number of aliphatic hydroxyl groups excluding tert-OH is 1. The number of aromatic nitrogens is 9. The minimum atomic E-state index is -1.76. The van der Waals surface area contributed by atoms with Gasteiger partial charge in [-0.25, -0.2) is 4.98 Å². The van der Waals surface area contributed by atoms with Gasteiger partial charge >= 0.3 is 0 Å². The minimum absolute atomic E-state index is 0.139. The van der Waals surface area contributed by atoms with Crippen LogP contribution in [0.4, 0.5) is 5.82 Å². The number of aliphatic hydroxyl groups is 2. The molecule has 34 heavy (non-hydrogen) atoms. The summed E-state index contributed by atoms with van der Waals surface area (Å²) < 4.78 is 2.79. The van der Waals surface area contributed by atoms with Crippen molar-refractivity contribution < 1.29 is 15.0 Å². The van der Waals surface area contributed by atoms with Gasteiger partial charge in [-0.3, -0.25) is 19.3 Å². The number of carbonyl (C=O) groups is 1. The van der Waals surface area contributed by atoms with E-state index in [0.717, 1.165) is 0 Å². The summed E-state index contributed by atoms with van der Waals surface area (Å²) in [4.78, 5) is 34.2. The van der Waals surface area contributed by atoms with E-state index in [-0.39, 0.29) is 29.8 Å². The van der Waals surface area contributed by atoms with Gasteiger partial charge in [0.05, 0.1) is 24.1 Å². The molecule has 4 N–H and O–H groups in total. The van der Waals surface area contributed by atoms with Crippen molar-refractivity contribution in [2.45, 2.75) is 24.7 Å². The molecule has 14 nitrogen and oxygen atoms in total. The first-order valence-corrected chi connectivity index (χ1v) is 10.7. The van der Waals surface area contributed by atoms with Crippen LogP contribution in [-0.2, 0) is 10.5 Å². The second-order valence-corrected chi connectivity index (χ2v) is 8.55. The zero-order valence-electron chi connectivity index (χ0n) is 18.3. The van der Waals surface area contributed by atoms with Crippen molar-refractivity contribution in [3.05, 3.63) is 31.1 Å². The first-order valence-electron chi connectivity index (χ1n) is 10.7. The molecule has 4 aromatic heterocycles. The van der Waals surface area contributed by atoms with E-state index in [1.54, 1.807) is 31.8 Å². The Morgan fingerprint density at radius 3 is 2.76 bits per heavy atom. The predicted molar refractivity (Wildman–Crippen MR) is 116 cm³/mol. The molecule has 4 atom stereocenters. The molecule has 0 radical (unpaired) electrons. The van der Waals surface area contributed by atoms with Gasteiger partial charge in [-0.1, -0.05) is 5.21 Å². The number of imidazole rings is 1. The molecule has 2 unspecified atom stereocenters. The van der Waals surface area contributed by atoms with Gasteiger partial charge in [-0.15, -0.1) is 5.10 Å². The van der Waals surface area contributed by atoms with Gasteiger partial charge in [-0.2, -0.15) is 14.6 Å². The van der Waals surface area contributed by atoms with Gasteiger partial charge in [0.25, 0.3) is 5.95 Å². The molecular weight excluding hydrogens is 442 g/mol. The number of nitrogens with zero attached hydrogens (tertiary/aromatic N) is 9. The van der Waals surface area contributed by atoms with E-state index in [1.807, 2.05) is 0 Å². The van der Waals surface area contributed by atoms with Gasteiger partial charge in [-0.05, 0) is 12.3 Å². The van der Waals surface area contributed by atoms with Crippen LogP contribution in [0.25, 0.3) is 28.5 Å². The van der Waals surface area contributed by atoms with Crippen molar-refractivity contribution in [1.29, 1.82) is 0 Å². The van der Waals surface area contributed by atoms with Crippen LogP contribution in [0.15, 0.2) is 31.1 Å². The summed E-state index contributed by atoms with van der Waals surface area (Å²) in [6.45, 7) is 0. The highest BCUT2D eigenvalue weighted by molar-refractivity contribution is 5.88. The van der Waals surface area contributed by atoms with E-state index >= 15 is 0 Å². The summed E-state index contributed by atoms with van der Waals surface area (Å²) in [6, 6.07) is 0. The average molecular weight is 463 g/mol. The molecule has 0 spiro atoms. The van der Waals surface area contributed by atoms with Crippen LogP contribution in [-0.4, -0.2) is 80.8 Å². The lowest BCUT2D eigenvalue weighted by Crippen LogP contribution is -2.49. The Balaban J connectivity index is 1.45. The summed E-state index contributed by atoms with van der Waals surface area (Å²) in [7, 11) is 3.21. The fraction of sp³-hybridized carbons (Fsp3) is 0.400. The average Bonchev–Trinajstić information content (AvgIpc) is 3.19. The van der Waals surface area contributed by atoms with Crippen molar-refractivity contribution in [2.75, 3.05) is 19.4 Å². The number of hydrogen-bond acceptors (Lipinski definition) is 11. The highest BCUT2D eigenvalue weighted by Gasteiger charge is 2.76. The molecule has 0 aromatic carbocycles. The van der Waals surface area contributed by atoms with Crippen LogP contribution >= 0.6 is 0 Å². The normalized spacial score (nSPS) is 27.5. The zero-order chi connectivity index (χ0) is 23.7. The highest BCUT2D eigenvalue weighted by Crippen LogP contribution is 2.68. The van der Waals surface area contributed by atoms with E-state index in [4.69, 9.17) is 0 Å². The van der Waals surface area contributed by atoms with Crippen LogP contribution < -0.4 is 10.6 Å². The lowest BCUT2D eigenvalue weighted by molar-refractivity contribution is -0.155. The zero-order valence-corrected chi connectivity index (χ0v) is 18.3. The van der Waals surface area contributed by atoms with Crippen molar-refractivity contribution in [1.82, 2.24) is 49.8 Å². The Labute approximate surface area is 192 Å². The summed E-state index contributed by atoms with van der Waals surface area (Å²) in [5, 5.41) is 36.5. The second kappa shape index (κ2) is 6.98. The third kappa shape index (κ3) is 2.63. The monoisotopic (exact) mass is 463 g/mol. The molecule has 2 saturated carbocycles. The Kier molecular flexibility index (Phi) is 4.22. The lowest BCUT2D eigenvalue weighted by atomic mass is 9.94. The third-order valence-electron chi connectivity index (χ3n) is 6.84. The number of rotatable bonds is 5. The summed E-state index contributed by atoms with van der Waals surface area (Å²) in [5.41, 5.74) is -1.08. The van der Waals surface area contributed by atoms with E-state index in [9.17, 15) is 15.0 Å². The molecule has 0 saturated heterocycles. The van der Waals surface area contributed by atoms with E-state index in [1.165, 1.54) is 22.6 Å². The molecule has 0 bridgehead atoms. The molecule has 6 rings (SSSR count). The minimum Gasteiger partial charge on any atom is -0.387 e. The van der Waals surface area contributed by atoms with E-state index in [0.29, 0.717) is 29.1 Å². The van der Waals surface area contributed by atoms with Crippen LogP contribution in [0.2, 0.25) is 0 Å². The summed E-state index contributed by atoms with van der Waals surface area (Å²) >= 11 is 0. The van der Waals surface area contributed by atoms with Crippen LogP contribution in [0, 0.1) is 11.3 Å². The number of fused-ring (bicyclic) bond motifs is 2. The Bertz CT molecular complexity index is 1420. The van der Waals surface area contributed by atoms with Crippen LogP contribution in [0.1, 0.15) is 12.8 Å². The van der Waals surface area contributed by atoms with Gasteiger partial charge in [0.2, 0.25) is 5.91 Å². The number of anilines is 1. The number of nitrogens with one attached hydrogen (secondary N) is 2. The van der Waals surface area contributed by atoms with Gasteiger partial charge in [0.1, 0.15) is 17.5 Å². The summed E-state index contributed by atoms with van der Waals surface area (Å²) in [5.74, 6) is 0.150. The molecule has 2 fully saturated rings. The molecular formula is C20H21N11O3. The quantitative estimate of drug-likeness (QED) is 0.287. The number of hydrogen-bond donors (Lipinski definition) is 4. The molecule has 2 aliphatic rings.